The van der Waals surface area contributed by atoms with Gasteiger partial charge in [-0.3, -0.25) is 9.59 Å². The molecule has 154 valence electrons. The summed E-state index contributed by atoms with van der Waals surface area (Å²) in [6, 6.07) is 10.6. The van der Waals surface area contributed by atoms with E-state index in [1.165, 1.54) is 21.1 Å². The number of hydrogen-bond acceptors (Lipinski definition) is 6. The zero-order chi connectivity index (χ0) is 21.0. The van der Waals surface area contributed by atoms with Gasteiger partial charge in [0.05, 0.1) is 33.6 Å². The van der Waals surface area contributed by atoms with Gasteiger partial charge in [-0.25, -0.2) is 0 Å². The molecule has 0 bridgehead atoms. The average Bonchev–Trinajstić information content (AvgIpc) is 2.75. The Balaban J connectivity index is 1.75. The molecule has 0 saturated heterocycles. The van der Waals surface area contributed by atoms with Crippen LogP contribution in [0.2, 0.25) is 0 Å². The number of carbonyl (C=O) groups excluding carboxylic acids is 2. The molecule has 0 radical (unpaired) electrons. The van der Waals surface area contributed by atoms with Gasteiger partial charge in [0.15, 0.2) is 17.6 Å². The van der Waals surface area contributed by atoms with E-state index in [9.17, 15) is 9.59 Å². The fraction of sp³-hybridized carbons (Fsp3) is 0.333. The SMILES string of the molecule is COc1cc(OC)c(OC)cc1CNC(=O)[C@@H]1CN(C(C)=O)c2ccccc2O1. The van der Waals surface area contributed by atoms with Crippen molar-refractivity contribution in [2.75, 3.05) is 32.8 Å². The fourth-order valence-corrected chi connectivity index (χ4v) is 3.20. The summed E-state index contributed by atoms with van der Waals surface area (Å²) in [6.07, 6.45) is -0.820. The molecule has 1 heterocycles. The van der Waals surface area contributed by atoms with Crippen molar-refractivity contribution in [1.29, 1.82) is 0 Å². The second-order valence-corrected chi connectivity index (χ2v) is 6.44. The highest BCUT2D eigenvalue weighted by atomic mass is 16.5. The van der Waals surface area contributed by atoms with Crippen LogP contribution in [-0.4, -0.2) is 45.8 Å². The smallest absolute Gasteiger partial charge is 0.263 e. The summed E-state index contributed by atoms with van der Waals surface area (Å²) in [6.45, 7) is 1.80. The summed E-state index contributed by atoms with van der Waals surface area (Å²) in [5.74, 6) is 1.63. The maximum absolute atomic E-state index is 12.8. The van der Waals surface area contributed by atoms with Crippen molar-refractivity contribution >= 4 is 17.5 Å². The molecule has 0 aromatic heterocycles. The van der Waals surface area contributed by atoms with Crippen LogP contribution < -0.4 is 29.2 Å². The monoisotopic (exact) mass is 400 g/mol. The first-order valence-electron chi connectivity index (χ1n) is 9.08. The lowest BCUT2D eigenvalue weighted by molar-refractivity contribution is -0.128. The molecule has 0 aliphatic carbocycles. The van der Waals surface area contributed by atoms with Crippen molar-refractivity contribution in [3.05, 3.63) is 42.0 Å². The predicted molar refractivity (Wildman–Crippen MR) is 107 cm³/mol. The van der Waals surface area contributed by atoms with Crippen LogP contribution in [0.15, 0.2) is 36.4 Å². The quantitative estimate of drug-likeness (QED) is 0.800. The molecule has 2 amide bonds. The molecule has 2 aromatic rings. The summed E-state index contributed by atoms with van der Waals surface area (Å²) < 4.78 is 21.8. The van der Waals surface area contributed by atoms with Gasteiger partial charge in [0, 0.05) is 25.1 Å². The molecule has 3 rings (SSSR count). The lowest BCUT2D eigenvalue weighted by Crippen LogP contribution is -2.50. The minimum absolute atomic E-state index is 0.140. The largest absolute Gasteiger partial charge is 0.496 e. The summed E-state index contributed by atoms with van der Waals surface area (Å²) >= 11 is 0. The van der Waals surface area contributed by atoms with Crippen LogP contribution in [0.3, 0.4) is 0 Å². The minimum atomic E-state index is -0.820. The van der Waals surface area contributed by atoms with Crippen molar-refractivity contribution in [1.82, 2.24) is 5.32 Å². The Morgan fingerprint density at radius 2 is 1.72 bits per heavy atom. The van der Waals surface area contributed by atoms with E-state index in [4.69, 9.17) is 18.9 Å². The summed E-state index contributed by atoms with van der Waals surface area (Å²) in [4.78, 5) is 26.3. The van der Waals surface area contributed by atoms with Gasteiger partial charge in [0.1, 0.15) is 11.5 Å². The van der Waals surface area contributed by atoms with E-state index in [0.717, 1.165) is 5.56 Å². The first-order chi connectivity index (χ1) is 14.0. The number of para-hydroxylation sites is 2. The van der Waals surface area contributed by atoms with E-state index in [0.29, 0.717) is 28.7 Å². The molecule has 29 heavy (non-hydrogen) atoms. The zero-order valence-electron chi connectivity index (χ0n) is 16.9. The molecular weight excluding hydrogens is 376 g/mol. The third-order valence-corrected chi connectivity index (χ3v) is 4.69. The van der Waals surface area contributed by atoms with E-state index in [2.05, 4.69) is 5.32 Å². The number of hydrogen-bond donors (Lipinski definition) is 1. The molecule has 0 unspecified atom stereocenters. The van der Waals surface area contributed by atoms with E-state index < -0.39 is 6.10 Å². The van der Waals surface area contributed by atoms with Crippen LogP contribution >= 0.6 is 0 Å². The van der Waals surface area contributed by atoms with Crippen LogP contribution in [0.5, 0.6) is 23.0 Å². The Bertz CT molecular complexity index is 914. The lowest BCUT2D eigenvalue weighted by Gasteiger charge is -2.33. The number of rotatable bonds is 6. The minimum Gasteiger partial charge on any atom is -0.496 e. The van der Waals surface area contributed by atoms with Crippen molar-refractivity contribution in [2.24, 2.45) is 0 Å². The third kappa shape index (κ3) is 4.21. The average molecular weight is 400 g/mol. The maximum atomic E-state index is 12.8. The van der Waals surface area contributed by atoms with E-state index in [-0.39, 0.29) is 24.9 Å². The Hall–Kier alpha value is -3.42. The number of fused-ring (bicyclic) bond motifs is 1. The number of carbonyl (C=O) groups is 2. The molecule has 0 saturated carbocycles. The van der Waals surface area contributed by atoms with Gasteiger partial charge < -0.3 is 29.2 Å². The number of ether oxygens (including phenoxy) is 4. The van der Waals surface area contributed by atoms with Crippen LogP contribution in [0, 0.1) is 0 Å². The predicted octanol–water partition coefficient (Wildman–Crippen LogP) is 2.14. The molecule has 8 nitrogen and oxygen atoms in total. The fourth-order valence-electron chi connectivity index (χ4n) is 3.20. The van der Waals surface area contributed by atoms with E-state index >= 15 is 0 Å². The highest BCUT2D eigenvalue weighted by Gasteiger charge is 2.32. The molecule has 1 atom stereocenters. The summed E-state index contributed by atoms with van der Waals surface area (Å²) in [5, 5.41) is 2.84. The molecule has 8 heteroatoms. The van der Waals surface area contributed by atoms with Gasteiger partial charge in [-0.05, 0) is 18.2 Å². The third-order valence-electron chi connectivity index (χ3n) is 4.69. The van der Waals surface area contributed by atoms with Crippen molar-refractivity contribution in [3.63, 3.8) is 0 Å². The Labute approximate surface area is 169 Å². The normalized spacial score (nSPS) is 15.0. The van der Waals surface area contributed by atoms with Gasteiger partial charge in [-0.15, -0.1) is 0 Å². The van der Waals surface area contributed by atoms with Gasteiger partial charge in [0.25, 0.3) is 5.91 Å². The molecular formula is C21H24N2O6. The number of amides is 2. The van der Waals surface area contributed by atoms with E-state index in [1.54, 1.807) is 42.3 Å². The number of anilines is 1. The molecule has 0 fully saturated rings. The molecule has 0 spiro atoms. The van der Waals surface area contributed by atoms with Crippen molar-refractivity contribution < 1.29 is 28.5 Å². The Morgan fingerprint density at radius 1 is 1.07 bits per heavy atom. The van der Waals surface area contributed by atoms with Crippen LogP contribution in [-0.2, 0) is 16.1 Å². The first kappa shape index (κ1) is 20.3. The highest BCUT2D eigenvalue weighted by Crippen LogP contribution is 2.35. The molecule has 1 aliphatic rings. The molecule has 1 N–H and O–H groups in total. The van der Waals surface area contributed by atoms with Crippen LogP contribution in [0.25, 0.3) is 0 Å². The first-order valence-corrected chi connectivity index (χ1v) is 9.08. The number of methoxy groups -OCH3 is 3. The van der Waals surface area contributed by atoms with Crippen LogP contribution in [0.4, 0.5) is 5.69 Å². The topological polar surface area (TPSA) is 86.3 Å². The Kier molecular flexibility index (Phi) is 6.11. The lowest BCUT2D eigenvalue weighted by atomic mass is 10.1. The van der Waals surface area contributed by atoms with Gasteiger partial charge in [0.2, 0.25) is 5.91 Å². The number of nitrogens with one attached hydrogen (secondary N) is 1. The Morgan fingerprint density at radius 3 is 2.38 bits per heavy atom. The van der Waals surface area contributed by atoms with Gasteiger partial charge in [-0.2, -0.15) is 0 Å². The van der Waals surface area contributed by atoms with Gasteiger partial charge in [-0.1, -0.05) is 12.1 Å². The second kappa shape index (κ2) is 8.72. The van der Waals surface area contributed by atoms with Crippen LogP contribution in [0.1, 0.15) is 12.5 Å². The summed E-state index contributed by atoms with van der Waals surface area (Å²) in [5.41, 5.74) is 1.38. The van der Waals surface area contributed by atoms with Crippen molar-refractivity contribution in [2.45, 2.75) is 19.6 Å². The zero-order valence-corrected chi connectivity index (χ0v) is 16.9. The molecule has 2 aromatic carbocycles. The number of benzene rings is 2. The standard InChI is InChI=1S/C21H24N2O6/c1-13(24)23-12-20(29-16-8-6-5-7-15(16)23)21(25)22-11-14-9-18(27-3)19(28-4)10-17(14)26-2/h5-10,20H,11-12H2,1-4H3,(H,22,25)/t20-/m0/s1. The second-order valence-electron chi connectivity index (χ2n) is 6.44. The maximum Gasteiger partial charge on any atom is 0.263 e. The van der Waals surface area contributed by atoms with Gasteiger partial charge >= 0.3 is 0 Å². The number of nitrogens with zero attached hydrogens (tertiary/aromatic N) is 1. The summed E-state index contributed by atoms with van der Waals surface area (Å²) in [7, 11) is 4.62. The molecule has 1 aliphatic heterocycles. The van der Waals surface area contributed by atoms with E-state index in [1.807, 2.05) is 6.07 Å². The highest BCUT2D eigenvalue weighted by molar-refractivity contribution is 5.95. The van der Waals surface area contributed by atoms with Crippen molar-refractivity contribution in [3.8, 4) is 23.0 Å².